The standard InChI is InChI=1S/C12H21NO3/c1-5-7-9-16-12(15)10(3)13(8-6-2)11(4)14/h6,10H,2,5,7-9H2,1,3-4H3. The fourth-order valence-corrected chi connectivity index (χ4v) is 1.26. The van der Waals surface area contributed by atoms with Crippen LogP contribution in [0, 0.1) is 0 Å². The first kappa shape index (κ1) is 14.7. The van der Waals surface area contributed by atoms with Gasteiger partial charge >= 0.3 is 5.97 Å². The molecule has 0 aliphatic carbocycles. The molecule has 0 bridgehead atoms. The van der Waals surface area contributed by atoms with Crippen molar-refractivity contribution in [3.8, 4) is 0 Å². The van der Waals surface area contributed by atoms with Gasteiger partial charge < -0.3 is 9.64 Å². The van der Waals surface area contributed by atoms with Crippen molar-refractivity contribution >= 4 is 11.9 Å². The fraction of sp³-hybridized carbons (Fsp3) is 0.667. The molecular formula is C12H21NO3. The number of hydrogen-bond acceptors (Lipinski definition) is 3. The van der Waals surface area contributed by atoms with Crippen LogP contribution < -0.4 is 0 Å². The van der Waals surface area contributed by atoms with Crippen LogP contribution in [-0.2, 0) is 14.3 Å². The van der Waals surface area contributed by atoms with E-state index in [4.69, 9.17) is 4.74 Å². The number of amides is 1. The van der Waals surface area contributed by atoms with Gasteiger partial charge in [-0.05, 0) is 13.3 Å². The van der Waals surface area contributed by atoms with Crippen LogP contribution in [0.2, 0.25) is 0 Å². The summed E-state index contributed by atoms with van der Waals surface area (Å²) >= 11 is 0. The van der Waals surface area contributed by atoms with Gasteiger partial charge in [0.15, 0.2) is 0 Å². The Morgan fingerprint density at radius 1 is 1.50 bits per heavy atom. The Balaban J connectivity index is 4.25. The summed E-state index contributed by atoms with van der Waals surface area (Å²) in [5, 5.41) is 0. The molecule has 92 valence electrons. The monoisotopic (exact) mass is 227 g/mol. The maximum Gasteiger partial charge on any atom is 0.328 e. The Kier molecular flexibility index (Phi) is 7.25. The molecule has 0 aliphatic rings. The summed E-state index contributed by atoms with van der Waals surface area (Å²) in [5.41, 5.74) is 0. The summed E-state index contributed by atoms with van der Waals surface area (Å²) in [5.74, 6) is -0.509. The average molecular weight is 227 g/mol. The third-order valence-corrected chi connectivity index (χ3v) is 2.28. The topological polar surface area (TPSA) is 46.6 Å². The molecule has 1 atom stereocenters. The lowest BCUT2D eigenvalue weighted by atomic mass is 10.2. The number of carbonyl (C=O) groups excluding carboxylic acids is 2. The van der Waals surface area contributed by atoms with Crippen molar-refractivity contribution < 1.29 is 14.3 Å². The average Bonchev–Trinajstić information content (AvgIpc) is 2.24. The SMILES string of the molecule is C=CCN(C(C)=O)C(C)C(=O)OCCCC. The number of esters is 1. The normalized spacial score (nSPS) is 11.7. The van der Waals surface area contributed by atoms with Gasteiger partial charge in [-0.2, -0.15) is 0 Å². The number of carbonyl (C=O) groups is 2. The number of hydrogen-bond donors (Lipinski definition) is 0. The first-order chi connectivity index (χ1) is 7.54. The third-order valence-electron chi connectivity index (χ3n) is 2.28. The maximum atomic E-state index is 11.6. The molecule has 0 rings (SSSR count). The molecule has 0 aromatic rings. The molecule has 0 spiro atoms. The Hall–Kier alpha value is -1.32. The lowest BCUT2D eigenvalue weighted by Gasteiger charge is -2.25. The van der Waals surface area contributed by atoms with E-state index in [1.54, 1.807) is 13.0 Å². The molecule has 16 heavy (non-hydrogen) atoms. The van der Waals surface area contributed by atoms with Crippen LogP contribution in [0.4, 0.5) is 0 Å². The Labute approximate surface area is 97.3 Å². The summed E-state index contributed by atoms with van der Waals surface area (Å²) in [6, 6.07) is -0.549. The summed E-state index contributed by atoms with van der Waals surface area (Å²) in [4.78, 5) is 24.3. The van der Waals surface area contributed by atoms with Crippen LogP contribution in [0.5, 0.6) is 0 Å². The lowest BCUT2D eigenvalue weighted by Crippen LogP contribution is -2.43. The predicted molar refractivity (Wildman–Crippen MR) is 62.9 cm³/mol. The molecule has 4 heteroatoms. The minimum absolute atomic E-state index is 0.153. The Bertz CT molecular complexity index is 251. The van der Waals surface area contributed by atoms with E-state index >= 15 is 0 Å². The van der Waals surface area contributed by atoms with Crippen molar-refractivity contribution in [2.45, 2.75) is 39.7 Å². The van der Waals surface area contributed by atoms with Crippen molar-refractivity contribution in [1.82, 2.24) is 4.90 Å². The molecule has 0 saturated carbocycles. The highest BCUT2D eigenvalue weighted by atomic mass is 16.5. The molecule has 0 N–H and O–H groups in total. The van der Waals surface area contributed by atoms with Crippen LogP contribution in [0.25, 0.3) is 0 Å². The van der Waals surface area contributed by atoms with E-state index in [0.29, 0.717) is 13.2 Å². The number of rotatable bonds is 7. The van der Waals surface area contributed by atoms with E-state index in [-0.39, 0.29) is 11.9 Å². The van der Waals surface area contributed by atoms with Gasteiger partial charge in [0, 0.05) is 13.5 Å². The van der Waals surface area contributed by atoms with Crippen LogP contribution in [-0.4, -0.2) is 36.0 Å². The van der Waals surface area contributed by atoms with E-state index in [0.717, 1.165) is 12.8 Å². The fourth-order valence-electron chi connectivity index (χ4n) is 1.26. The van der Waals surface area contributed by atoms with Gasteiger partial charge in [0.05, 0.1) is 6.61 Å². The second-order valence-electron chi connectivity index (χ2n) is 3.66. The van der Waals surface area contributed by atoms with Gasteiger partial charge in [-0.3, -0.25) is 4.79 Å². The second-order valence-corrected chi connectivity index (χ2v) is 3.66. The van der Waals surface area contributed by atoms with Gasteiger partial charge in [0.1, 0.15) is 6.04 Å². The molecule has 0 radical (unpaired) electrons. The Morgan fingerprint density at radius 2 is 2.12 bits per heavy atom. The zero-order chi connectivity index (χ0) is 12.6. The minimum Gasteiger partial charge on any atom is -0.464 e. The first-order valence-electron chi connectivity index (χ1n) is 5.59. The smallest absolute Gasteiger partial charge is 0.328 e. The van der Waals surface area contributed by atoms with E-state index < -0.39 is 6.04 Å². The Morgan fingerprint density at radius 3 is 2.56 bits per heavy atom. The number of ether oxygens (including phenoxy) is 1. The highest BCUT2D eigenvalue weighted by molar-refractivity contribution is 5.83. The second kappa shape index (κ2) is 7.91. The molecule has 0 fully saturated rings. The number of unbranched alkanes of at least 4 members (excludes halogenated alkanes) is 1. The van der Waals surface area contributed by atoms with E-state index in [2.05, 4.69) is 6.58 Å². The molecule has 0 aliphatic heterocycles. The summed E-state index contributed by atoms with van der Waals surface area (Å²) < 4.78 is 5.05. The van der Waals surface area contributed by atoms with Crippen LogP contribution in [0.3, 0.4) is 0 Å². The van der Waals surface area contributed by atoms with Crippen molar-refractivity contribution in [2.75, 3.05) is 13.2 Å². The van der Waals surface area contributed by atoms with Crippen molar-refractivity contribution in [3.05, 3.63) is 12.7 Å². The first-order valence-corrected chi connectivity index (χ1v) is 5.59. The van der Waals surface area contributed by atoms with Crippen molar-refractivity contribution in [2.24, 2.45) is 0 Å². The van der Waals surface area contributed by atoms with Crippen molar-refractivity contribution in [3.63, 3.8) is 0 Å². The summed E-state index contributed by atoms with van der Waals surface area (Å²) in [7, 11) is 0. The van der Waals surface area contributed by atoms with Crippen LogP contribution in [0.1, 0.15) is 33.6 Å². The maximum absolute atomic E-state index is 11.6. The molecule has 0 saturated heterocycles. The zero-order valence-electron chi connectivity index (χ0n) is 10.4. The predicted octanol–water partition coefficient (Wildman–Crippen LogP) is 1.75. The highest BCUT2D eigenvalue weighted by Gasteiger charge is 2.23. The molecule has 4 nitrogen and oxygen atoms in total. The molecule has 0 aromatic heterocycles. The van der Waals surface area contributed by atoms with Gasteiger partial charge in [-0.25, -0.2) is 4.79 Å². The molecule has 1 unspecified atom stereocenters. The summed E-state index contributed by atoms with van der Waals surface area (Å²) in [6.07, 6.45) is 3.42. The molecule has 1 amide bonds. The van der Waals surface area contributed by atoms with Gasteiger partial charge in [0.25, 0.3) is 0 Å². The lowest BCUT2D eigenvalue weighted by molar-refractivity contribution is -0.153. The van der Waals surface area contributed by atoms with Gasteiger partial charge in [0.2, 0.25) is 5.91 Å². The van der Waals surface area contributed by atoms with Gasteiger partial charge in [-0.15, -0.1) is 6.58 Å². The van der Waals surface area contributed by atoms with Crippen molar-refractivity contribution in [1.29, 1.82) is 0 Å². The largest absolute Gasteiger partial charge is 0.464 e. The summed E-state index contributed by atoms with van der Waals surface area (Å²) in [6.45, 7) is 9.45. The molecular weight excluding hydrogens is 206 g/mol. The van der Waals surface area contributed by atoms with Crippen LogP contribution >= 0.6 is 0 Å². The van der Waals surface area contributed by atoms with E-state index in [9.17, 15) is 9.59 Å². The molecule has 0 heterocycles. The highest BCUT2D eigenvalue weighted by Crippen LogP contribution is 2.03. The quantitative estimate of drug-likeness (QED) is 0.378. The zero-order valence-corrected chi connectivity index (χ0v) is 10.4. The van der Waals surface area contributed by atoms with E-state index in [1.807, 2.05) is 6.92 Å². The van der Waals surface area contributed by atoms with Crippen LogP contribution in [0.15, 0.2) is 12.7 Å². The molecule has 0 aromatic carbocycles. The third kappa shape index (κ3) is 4.96. The number of nitrogens with zero attached hydrogens (tertiary/aromatic N) is 1. The van der Waals surface area contributed by atoms with E-state index in [1.165, 1.54) is 11.8 Å². The van der Waals surface area contributed by atoms with Gasteiger partial charge in [-0.1, -0.05) is 19.4 Å². The minimum atomic E-state index is -0.549.